The molecule has 0 bridgehead atoms. The molecule has 0 saturated carbocycles. The molecule has 0 fully saturated rings. The van der Waals surface area contributed by atoms with Gasteiger partial charge < -0.3 is 10.6 Å². The number of hydrogen-bond acceptors (Lipinski definition) is 6. The number of amides is 2. The number of aromatic nitrogens is 6. The van der Waals surface area contributed by atoms with Crippen molar-refractivity contribution in [3.8, 4) is 11.4 Å². The van der Waals surface area contributed by atoms with Crippen molar-refractivity contribution < 1.29 is 9.59 Å². The normalized spacial score (nSPS) is 10.6. The lowest BCUT2D eigenvalue weighted by Crippen LogP contribution is -2.22. The predicted molar refractivity (Wildman–Crippen MR) is 128 cm³/mol. The average molecular weight is 464 g/mol. The van der Waals surface area contributed by atoms with Gasteiger partial charge in [-0.05, 0) is 66.2 Å². The number of benzene rings is 3. The molecule has 172 valence electrons. The number of nitrogens with one attached hydrogen (secondary N) is 2. The quantitative estimate of drug-likeness (QED) is 0.382. The molecule has 2 amide bonds. The highest BCUT2D eigenvalue weighted by Crippen LogP contribution is 2.15. The fraction of sp³-hybridized carbons (Fsp3) is 0.0400. The smallest absolute Gasteiger partial charge is 0.255 e. The van der Waals surface area contributed by atoms with E-state index in [2.05, 4.69) is 30.8 Å². The lowest BCUT2D eigenvalue weighted by Gasteiger charge is -2.10. The average Bonchev–Trinajstić information content (AvgIpc) is 3.63. The van der Waals surface area contributed by atoms with Crippen LogP contribution in [0.3, 0.4) is 0 Å². The molecule has 10 heteroatoms. The van der Waals surface area contributed by atoms with Crippen LogP contribution >= 0.6 is 0 Å². The molecule has 0 spiro atoms. The van der Waals surface area contributed by atoms with Crippen molar-refractivity contribution in [3.63, 3.8) is 0 Å². The first-order valence-electron chi connectivity index (χ1n) is 10.7. The minimum Gasteiger partial charge on any atom is -0.348 e. The molecule has 0 radical (unpaired) electrons. The molecule has 2 heterocycles. The van der Waals surface area contributed by atoms with Gasteiger partial charge in [0.2, 0.25) is 0 Å². The molecule has 35 heavy (non-hydrogen) atoms. The van der Waals surface area contributed by atoms with E-state index in [0.717, 1.165) is 16.9 Å². The Bertz CT molecular complexity index is 1430. The second kappa shape index (κ2) is 9.79. The van der Waals surface area contributed by atoms with Gasteiger partial charge >= 0.3 is 0 Å². The second-order valence-electron chi connectivity index (χ2n) is 7.61. The van der Waals surface area contributed by atoms with Gasteiger partial charge in [-0.25, -0.2) is 19.3 Å². The van der Waals surface area contributed by atoms with Gasteiger partial charge in [-0.15, -0.1) is 0 Å². The Morgan fingerprint density at radius 1 is 0.714 bits per heavy atom. The van der Waals surface area contributed by atoms with Crippen LogP contribution in [0.1, 0.15) is 26.3 Å². The zero-order valence-corrected chi connectivity index (χ0v) is 18.4. The maximum atomic E-state index is 12.7. The number of anilines is 1. The van der Waals surface area contributed by atoms with Crippen LogP contribution in [0.4, 0.5) is 5.69 Å². The molecule has 0 saturated heterocycles. The van der Waals surface area contributed by atoms with Gasteiger partial charge in [0, 0.05) is 23.4 Å². The van der Waals surface area contributed by atoms with Gasteiger partial charge in [0.25, 0.3) is 11.8 Å². The monoisotopic (exact) mass is 464 g/mol. The van der Waals surface area contributed by atoms with E-state index in [4.69, 9.17) is 0 Å². The number of carbonyl (C=O) groups excluding carboxylic acids is 2. The van der Waals surface area contributed by atoms with E-state index >= 15 is 0 Å². The van der Waals surface area contributed by atoms with Gasteiger partial charge in [0.05, 0.1) is 11.4 Å². The lowest BCUT2D eigenvalue weighted by atomic mass is 10.1. The molecule has 0 aliphatic carbocycles. The van der Waals surface area contributed by atoms with Crippen LogP contribution in [0.5, 0.6) is 0 Å². The van der Waals surface area contributed by atoms with E-state index in [0.29, 0.717) is 23.4 Å². The summed E-state index contributed by atoms with van der Waals surface area (Å²) in [7, 11) is 0. The van der Waals surface area contributed by atoms with Crippen LogP contribution < -0.4 is 10.6 Å². The van der Waals surface area contributed by atoms with Crippen LogP contribution in [-0.4, -0.2) is 41.3 Å². The van der Waals surface area contributed by atoms with Crippen molar-refractivity contribution in [2.24, 2.45) is 0 Å². The maximum Gasteiger partial charge on any atom is 0.255 e. The molecule has 0 aliphatic heterocycles. The maximum absolute atomic E-state index is 12.7. The van der Waals surface area contributed by atoms with Gasteiger partial charge in [-0.1, -0.05) is 12.1 Å². The first kappa shape index (κ1) is 21.7. The molecule has 2 N–H and O–H groups in total. The summed E-state index contributed by atoms with van der Waals surface area (Å²) in [5, 5.41) is 13.9. The standard InChI is InChI=1S/C25H20N8O2/c34-24(19-4-8-22(9-5-19)32-16-26-14-29-32)28-13-18-2-1-3-21(12-18)31-25(35)20-6-10-23(11-7-20)33-17-27-15-30-33/h1-12,14-17H,13H2,(H,28,34)(H,31,35). The van der Waals surface area contributed by atoms with E-state index in [1.54, 1.807) is 76.6 Å². The Morgan fingerprint density at radius 3 is 1.83 bits per heavy atom. The van der Waals surface area contributed by atoms with Crippen LogP contribution in [0.2, 0.25) is 0 Å². The molecule has 0 atom stereocenters. The molecule has 10 nitrogen and oxygen atoms in total. The van der Waals surface area contributed by atoms with Crippen molar-refractivity contribution in [2.45, 2.75) is 6.54 Å². The molecular weight excluding hydrogens is 444 g/mol. The van der Waals surface area contributed by atoms with Crippen LogP contribution in [-0.2, 0) is 6.54 Å². The van der Waals surface area contributed by atoms with Crippen molar-refractivity contribution in [3.05, 3.63) is 115 Å². The molecule has 0 unspecified atom stereocenters. The van der Waals surface area contributed by atoms with Gasteiger partial charge in [0.1, 0.15) is 25.3 Å². The van der Waals surface area contributed by atoms with Gasteiger partial charge in [-0.2, -0.15) is 10.2 Å². The van der Waals surface area contributed by atoms with Crippen molar-refractivity contribution in [1.82, 2.24) is 34.8 Å². The third kappa shape index (κ3) is 5.11. The predicted octanol–water partition coefficient (Wildman–Crippen LogP) is 3.03. The summed E-state index contributed by atoms with van der Waals surface area (Å²) in [5.74, 6) is -0.430. The van der Waals surface area contributed by atoms with Crippen molar-refractivity contribution in [2.75, 3.05) is 5.32 Å². The highest BCUT2D eigenvalue weighted by atomic mass is 16.2. The van der Waals surface area contributed by atoms with Crippen LogP contribution in [0, 0.1) is 0 Å². The molecule has 5 rings (SSSR count). The third-order valence-electron chi connectivity index (χ3n) is 5.26. The fourth-order valence-corrected chi connectivity index (χ4v) is 3.46. The van der Waals surface area contributed by atoms with E-state index in [9.17, 15) is 9.59 Å². The summed E-state index contributed by atoms with van der Waals surface area (Å²) in [5.41, 5.74) is 4.17. The lowest BCUT2D eigenvalue weighted by molar-refractivity contribution is 0.0950. The minimum atomic E-state index is -0.233. The van der Waals surface area contributed by atoms with Crippen molar-refractivity contribution in [1.29, 1.82) is 0 Å². The number of hydrogen-bond donors (Lipinski definition) is 2. The molecule has 5 aromatic rings. The Morgan fingerprint density at radius 2 is 1.29 bits per heavy atom. The summed E-state index contributed by atoms with van der Waals surface area (Å²) >= 11 is 0. The number of nitrogens with zero attached hydrogens (tertiary/aromatic N) is 6. The topological polar surface area (TPSA) is 120 Å². The van der Waals surface area contributed by atoms with E-state index in [-0.39, 0.29) is 11.8 Å². The summed E-state index contributed by atoms with van der Waals surface area (Å²) in [6.45, 7) is 0.319. The van der Waals surface area contributed by atoms with Crippen LogP contribution in [0.15, 0.2) is 98.1 Å². The number of rotatable bonds is 7. The van der Waals surface area contributed by atoms with Gasteiger partial charge in [-0.3, -0.25) is 9.59 Å². The highest BCUT2D eigenvalue weighted by molar-refractivity contribution is 6.04. The first-order chi connectivity index (χ1) is 17.2. The highest BCUT2D eigenvalue weighted by Gasteiger charge is 2.09. The zero-order chi connectivity index (χ0) is 24.0. The molecule has 3 aromatic carbocycles. The third-order valence-corrected chi connectivity index (χ3v) is 5.26. The number of carbonyl (C=O) groups is 2. The largest absolute Gasteiger partial charge is 0.348 e. The summed E-state index contributed by atoms with van der Waals surface area (Å²) in [4.78, 5) is 33.0. The Labute approximate surface area is 200 Å². The van der Waals surface area contributed by atoms with E-state index in [1.807, 2.05) is 18.2 Å². The van der Waals surface area contributed by atoms with Crippen molar-refractivity contribution >= 4 is 17.5 Å². The zero-order valence-electron chi connectivity index (χ0n) is 18.4. The summed E-state index contributed by atoms with van der Waals surface area (Å²) < 4.78 is 3.23. The summed E-state index contributed by atoms with van der Waals surface area (Å²) in [6, 6.07) is 21.5. The summed E-state index contributed by atoms with van der Waals surface area (Å²) in [6.07, 6.45) is 6.09. The SMILES string of the molecule is O=C(NCc1cccc(NC(=O)c2ccc(-n3cncn3)cc2)c1)c1ccc(-n2cncn2)cc1. The van der Waals surface area contributed by atoms with E-state index < -0.39 is 0 Å². The Hall–Kier alpha value is -5.12. The Balaban J connectivity index is 1.18. The molecule has 0 aliphatic rings. The van der Waals surface area contributed by atoms with Gasteiger partial charge in [0.15, 0.2) is 0 Å². The molecule has 2 aromatic heterocycles. The molecular formula is C25H20N8O2. The Kier molecular flexibility index (Phi) is 6.07. The van der Waals surface area contributed by atoms with E-state index in [1.165, 1.54) is 12.7 Å². The van der Waals surface area contributed by atoms with Crippen LogP contribution in [0.25, 0.3) is 11.4 Å². The fourth-order valence-electron chi connectivity index (χ4n) is 3.46. The second-order valence-corrected chi connectivity index (χ2v) is 7.61. The minimum absolute atomic E-state index is 0.197. The first-order valence-corrected chi connectivity index (χ1v) is 10.7.